The fraction of sp³-hybridized carbons (Fsp3) is 0.714. The van der Waals surface area contributed by atoms with E-state index in [0.717, 1.165) is 50.5 Å². The molecule has 1 aromatic rings. The van der Waals surface area contributed by atoms with E-state index in [1.807, 2.05) is 0 Å². The van der Waals surface area contributed by atoms with E-state index in [4.69, 9.17) is 4.74 Å². The third-order valence-corrected chi connectivity index (χ3v) is 6.58. The summed E-state index contributed by atoms with van der Waals surface area (Å²) in [7, 11) is 2.20. The average Bonchev–Trinajstić information content (AvgIpc) is 2.58. The Morgan fingerprint density at radius 1 is 1.13 bits per heavy atom. The highest BCUT2D eigenvalue weighted by Gasteiger charge is 2.53. The average molecular weight is 316 g/mol. The minimum atomic E-state index is 0.582. The van der Waals surface area contributed by atoms with Gasteiger partial charge in [0, 0.05) is 19.7 Å². The Bertz CT molecular complexity index is 482. The van der Waals surface area contributed by atoms with Crippen molar-refractivity contribution in [1.29, 1.82) is 0 Å². The van der Waals surface area contributed by atoms with Gasteiger partial charge in [-0.2, -0.15) is 0 Å². The lowest BCUT2D eigenvalue weighted by molar-refractivity contribution is -0.124. The summed E-state index contributed by atoms with van der Waals surface area (Å²) in [5.41, 5.74) is 2.00. The Kier molecular flexibility index (Phi) is 5.43. The molecule has 2 heteroatoms. The zero-order valence-corrected chi connectivity index (χ0v) is 15.1. The molecule has 0 aromatic heterocycles. The molecule has 0 heterocycles. The van der Waals surface area contributed by atoms with Gasteiger partial charge in [-0.15, -0.1) is 0 Å². The number of benzene rings is 1. The molecule has 4 rings (SSSR count). The molecule has 0 aliphatic heterocycles. The van der Waals surface area contributed by atoms with Gasteiger partial charge < -0.3 is 9.64 Å². The van der Waals surface area contributed by atoms with Crippen molar-refractivity contribution in [3.05, 3.63) is 35.9 Å². The summed E-state index contributed by atoms with van der Waals surface area (Å²) in [6, 6.07) is 10.7. The Hall–Kier alpha value is -0.860. The number of ether oxygens (including phenoxy) is 1. The molecule has 128 valence electrons. The second-order valence-corrected chi connectivity index (χ2v) is 8.31. The van der Waals surface area contributed by atoms with Gasteiger partial charge in [0.05, 0.1) is 6.61 Å². The van der Waals surface area contributed by atoms with Crippen molar-refractivity contribution >= 4 is 0 Å². The quantitative estimate of drug-likeness (QED) is 0.665. The molecule has 2 nitrogen and oxygen atoms in total. The number of hydrogen-bond acceptors (Lipinski definition) is 2. The highest BCUT2D eigenvalue weighted by atomic mass is 16.5. The zero-order valence-electron chi connectivity index (χ0n) is 15.1. The summed E-state index contributed by atoms with van der Waals surface area (Å²) >= 11 is 0. The van der Waals surface area contributed by atoms with Crippen molar-refractivity contribution in [1.82, 2.24) is 4.90 Å². The Morgan fingerprint density at radius 3 is 2.61 bits per heavy atom. The van der Waals surface area contributed by atoms with Gasteiger partial charge in [0.15, 0.2) is 0 Å². The molecule has 3 saturated carbocycles. The van der Waals surface area contributed by atoms with Crippen molar-refractivity contribution in [2.45, 2.75) is 39.5 Å². The van der Waals surface area contributed by atoms with E-state index in [9.17, 15) is 0 Å². The Labute approximate surface area is 142 Å². The van der Waals surface area contributed by atoms with Gasteiger partial charge in [0.1, 0.15) is 0 Å². The molecule has 3 aliphatic carbocycles. The van der Waals surface area contributed by atoms with Crippen LogP contribution in [0.2, 0.25) is 0 Å². The number of rotatable bonds is 8. The van der Waals surface area contributed by atoms with Crippen molar-refractivity contribution in [2.75, 3.05) is 33.4 Å². The molecule has 2 bridgehead atoms. The number of likely N-dealkylation sites (N-methyl/N-ethyl adjacent to an activating group) is 1. The molecule has 0 amide bonds. The van der Waals surface area contributed by atoms with Crippen LogP contribution in [0.3, 0.4) is 0 Å². The lowest BCUT2D eigenvalue weighted by Crippen LogP contribution is -2.53. The molecule has 3 atom stereocenters. The van der Waals surface area contributed by atoms with Crippen LogP contribution in [0.15, 0.2) is 30.3 Å². The van der Waals surface area contributed by atoms with Crippen LogP contribution in [-0.2, 0) is 11.2 Å². The summed E-state index contributed by atoms with van der Waals surface area (Å²) in [5.74, 6) is 2.72. The summed E-state index contributed by atoms with van der Waals surface area (Å²) < 4.78 is 6.04. The van der Waals surface area contributed by atoms with Crippen LogP contribution >= 0.6 is 0 Å². The van der Waals surface area contributed by atoms with E-state index in [1.54, 1.807) is 0 Å². The van der Waals surface area contributed by atoms with E-state index in [1.165, 1.54) is 24.8 Å². The van der Waals surface area contributed by atoms with Crippen LogP contribution in [0.5, 0.6) is 0 Å². The van der Waals surface area contributed by atoms with Gasteiger partial charge in [-0.05, 0) is 61.5 Å². The van der Waals surface area contributed by atoms with Crippen LogP contribution < -0.4 is 0 Å². The second kappa shape index (κ2) is 7.36. The van der Waals surface area contributed by atoms with Crippen LogP contribution in [-0.4, -0.2) is 38.3 Å². The van der Waals surface area contributed by atoms with E-state index < -0.39 is 0 Å². The predicted octanol–water partition coefficient (Wildman–Crippen LogP) is 4.25. The molecule has 3 aliphatic rings. The molecule has 0 saturated heterocycles. The van der Waals surface area contributed by atoms with Crippen LogP contribution in [0, 0.1) is 23.2 Å². The number of hydrogen-bond donors (Lipinski definition) is 0. The molecule has 3 fully saturated rings. The summed E-state index contributed by atoms with van der Waals surface area (Å²) in [4.78, 5) is 2.39. The molecule has 0 radical (unpaired) electrons. The van der Waals surface area contributed by atoms with Gasteiger partial charge in [-0.3, -0.25) is 0 Å². The molecular weight excluding hydrogens is 282 g/mol. The van der Waals surface area contributed by atoms with E-state index in [2.05, 4.69) is 56.1 Å². The smallest absolute Gasteiger partial charge is 0.0593 e. The maximum atomic E-state index is 6.04. The summed E-state index contributed by atoms with van der Waals surface area (Å²) in [6.07, 6.45) is 5.40. The third kappa shape index (κ3) is 3.97. The van der Waals surface area contributed by atoms with Crippen molar-refractivity contribution < 1.29 is 4.74 Å². The molecule has 23 heavy (non-hydrogen) atoms. The van der Waals surface area contributed by atoms with Crippen LogP contribution in [0.4, 0.5) is 0 Å². The SMILES string of the molecule is CN(CCOCC1CCC2CC1C2(C)C)CCc1ccccc1. The van der Waals surface area contributed by atoms with Crippen LogP contribution in [0.25, 0.3) is 0 Å². The largest absolute Gasteiger partial charge is 0.380 e. The summed E-state index contributed by atoms with van der Waals surface area (Å²) in [6.45, 7) is 8.93. The fourth-order valence-corrected chi connectivity index (χ4v) is 4.69. The maximum absolute atomic E-state index is 6.04. The van der Waals surface area contributed by atoms with Gasteiger partial charge in [-0.1, -0.05) is 44.2 Å². The van der Waals surface area contributed by atoms with Gasteiger partial charge in [0.25, 0.3) is 0 Å². The Balaban J connectivity index is 1.29. The molecule has 0 spiro atoms. The van der Waals surface area contributed by atoms with Crippen molar-refractivity contribution in [3.63, 3.8) is 0 Å². The first-order valence-corrected chi connectivity index (χ1v) is 9.37. The van der Waals surface area contributed by atoms with Crippen molar-refractivity contribution in [3.8, 4) is 0 Å². The first kappa shape index (κ1) is 17.0. The topological polar surface area (TPSA) is 12.5 Å². The molecular formula is C21H33NO. The third-order valence-electron chi connectivity index (χ3n) is 6.58. The Morgan fingerprint density at radius 2 is 1.91 bits per heavy atom. The molecule has 1 aromatic carbocycles. The monoisotopic (exact) mass is 315 g/mol. The number of fused-ring (bicyclic) bond motifs is 2. The predicted molar refractivity (Wildman–Crippen MR) is 96.6 cm³/mol. The van der Waals surface area contributed by atoms with E-state index >= 15 is 0 Å². The van der Waals surface area contributed by atoms with Crippen molar-refractivity contribution in [2.24, 2.45) is 23.2 Å². The standard InChI is InChI=1S/C21H33NO/c1-21(2)19-10-9-18(20(21)15-19)16-23-14-13-22(3)12-11-17-7-5-4-6-8-17/h4-8,18-20H,9-16H2,1-3H3. The summed E-state index contributed by atoms with van der Waals surface area (Å²) in [5, 5.41) is 0. The first-order chi connectivity index (χ1) is 11.1. The fourth-order valence-electron chi connectivity index (χ4n) is 4.69. The minimum absolute atomic E-state index is 0.582. The molecule has 0 N–H and O–H groups in total. The normalized spacial score (nSPS) is 28.6. The maximum Gasteiger partial charge on any atom is 0.0593 e. The lowest BCUT2D eigenvalue weighted by Gasteiger charge is -2.60. The van der Waals surface area contributed by atoms with Gasteiger partial charge in [0.2, 0.25) is 0 Å². The second-order valence-electron chi connectivity index (χ2n) is 8.31. The highest BCUT2D eigenvalue weighted by molar-refractivity contribution is 5.14. The van der Waals surface area contributed by atoms with E-state index in [-0.39, 0.29) is 0 Å². The number of nitrogens with zero attached hydrogens (tertiary/aromatic N) is 1. The van der Waals surface area contributed by atoms with Gasteiger partial charge >= 0.3 is 0 Å². The zero-order chi connectivity index (χ0) is 16.3. The van der Waals surface area contributed by atoms with E-state index in [0.29, 0.717) is 5.41 Å². The molecule has 3 unspecified atom stereocenters. The first-order valence-electron chi connectivity index (χ1n) is 9.37. The van der Waals surface area contributed by atoms with Gasteiger partial charge in [-0.25, -0.2) is 0 Å². The highest BCUT2D eigenvalue weighted by Crippen LogP contribution is 2.61. The lowest BCUT2D eigenvalue weighted by atomic mass is 9.46. The van der Waals surface area contributed by atoms with Crippen LogP contribution in [0.1, 0.15) is 38.7 Å². The minimum Gasteiger partial charge on any atom is -0.380 e.